The molecule has 15 heavy (non-hydrogen) atoms. The molecule has 0 aromatic heterocycles. The summed E-state index contributed by atoms with van der Waals surface area (Å²) in [5, 5.41) is 13.4. The molecule has 0 saturated heterocycles. The summed E-state index contributed by atoms with van der Waals surface area (Å²) in [6, 6.07) is 1.73. The van der Waals surface area contributed by atoms with Gasteiger partial charge in [0.05, 0.1) is 6.07 Å². The minimum absolute atomic E-state index is 0.0824. The lowest BCUT2D eigenvalue weighted by Crippen LogP contribution is -2.32. The standard InChI is InChI=1S/C10H17N3O2/c1-8(2)7-13-10(15)4-6-12-9(14)3-5-11/h8H,3-4,6-7H2,1-2H3,(H,12,14)(H,13,15). The van der Waals surface area contributed by atoms with Crippen molar-refractivity contribution in [2.75, 3.05) is 13.1 Å². The number of nitrogens with one attached hydrogen (secondary N) is 2. The van der Waals surface area contributed by atoms with Crippen LogP contribution in [-0.4, -0.2) is 24.9 Å². The molecule has 5 nitrogen and oxygen atoms in total. The number of carbonyl (C=O) groups excluding carboxylic acids is 2. The smallest absolute Gasteiger partial charge is 0.234 e. The average Bonchev–Trinajstić information content (AvgIpc) is 2.15. The Bertz CT molecular complexity index is 256. The molecule has 0 aliphatic carbocycles. The molecule has 0 saturated carbocycles. The molecule has 2 N–H and O–H groups in total. The molecule has 5 heteroatoms. The number of amides is 2. The highest BCUT2D eigenvalue weighted by atomic mass is 16.2. The zero-order chi connectivity index (χ0) is 11.7. The number of carbonyl (C=O) groups is 2. The highest BCUT2D eigenvalue weighted by Crippen LogP contribution is 1.88. The summed E-state index contributed by atoms with van der Waals surface area (Å²) in [5.41, 5.74) is 0. The van der Waals surface area contributed by atoms with Gasteiger partial charge in [0, 0.05) is 19.5 Å². The van der Waals surface area contributed by atoms with E-state index in [0.29, 0.717) is 12.5 Å². The van der Waals surface area contributed by atoms with E-state index in [2.05, 4.69) is 10.6 Å². The van der Waals surface area contributed by atoms with Crippen molar-refractivity contribution in [3.05, 3.63) is 0 Å². The molecule has 2 amide bonds. The normalized spacial score (nSPS) is 9.47. The van der Waals surface area contributed by atoms with Crippen LogP contribution in [0.3, 0.4) is 0 Å². The SMILES string of the molecule is CC(C)CNC(=O)CCNC(=O)CC#N. The van der Waals surface area contributed by atoms with Gasteiger partial charge < -0.3 is 10.6 Å². The molecule has 0 spiro atoms. The van der Waals surface area contributed by atoms with Gasteiger partial charge in [-0.2, -0.15) is 5.26 Å². The fourth-order valence-corrected chi connectivity index (χ4v) is 0.856. The quantitative estimate of drug-likeness (QED) is 0.657. The first kappa shape index (κ1) is 13.4. The number of nitrogens with zero attached hydrogens (tertiary/aromatic N) is 1. The van der Waals surface area contributed by atoms with E-state index in [9.17, 15) is 9.59 Å². The molecular weight excluding hydrogens is 194 g/mol. The second-order valence-electron chi connectivity index (χ2n) is 3.63. The van der Waals surface area contributed by atoms with Crippen molar-refractivity contribution < 1.29 is 9.59 Å². The monoisotopic (exact) mass is 211 g/mol. The first-order valence-corrected chi connectivity index (χ1v) is 4.96. The Balaban J connectivity index is 3.47. The lowest BCUT2D eigenvalue weighted by atomic mass is 10.2. The first-order valence-electron chi connectivity index (χ1n) is 4.96. The maximum atomic E-state index is 11.2. The first-order chi connectivity index (χ1) is 7.06. The Labute approximate surface area is 89.8 Å². The van der Waals surface area contributed by atoms with Crippen LogP contribution in [0.5, 0.6) is 0 Å². The molecule has 0 heterocycles. The van der Waals surface area contributed by atoms with Gasteiger partial charge in [-0.1, -0.05) is 13.8 Å². The van der Waals surface area contributed by atoms with E-state index in [-0.39, 0.29) is 31.2 Å². The Morgan fingerprint density at radius 3 is 2.47 bits per heavy atom. The number of rotatable bonds is 6. The maximum absolute atomic E-state index is 11.2. The third kappa shape index (κ3) is 8.75. The van der Waals surface area contributed by atoms with E-state index in [1.807, 2.05) is 13.8 Å². The van der Waals surface area contributed by atoms with E-state index >= 15 is 0 Å². The molecule has 0 bridgehead atoms. The van der Waals surface area contributed by atoms with Crippen LogP contribution >= 0.6 is 0 Å². The van der Waals surface area contributed by atoms with Crippen LogP contribution in [0.15, 0.2) is 0 Å². The van der Waals surface area contributed by atoms with Gasteiger partial charge in [0.25, 0.3) is 0 Å². The number of nitriles is 1. The Hall–Kier alpha value is -1.57. The van der Waals surface area contributed by atoms with Crippen LogP contribution in [0.4, 0.5) is 0 Å². The molecule has 0 aliphatic heterocycles. The molecule has 0 aromatic carbocycles. The van der Waals surface area contributed by atoms with Crippen molar-refractivity contribution in [2.45, 2.75) is 26.7 Å². The fourth-order valence-electron chi connectivity index (χ4n) is 0.856. The molecule has 0 aliphatic rings. The molecule has 0 unspecified atom stereocenters. The second kappa shape index (κ2) is 7.80. The summed E-state index contributed by atoms with van der Waals surface area (Å²) < 4.78 is 0. The summed E-state index contributed by atoms with van der Waals surface area (Å²) in [6.45, 7) is 4.94. The fraction of sp³-hybridized carbons (Fsp3) is 0.700. The Morgan fingerprint density at radius 2 is 1.93 bits per heavy atom. The van der Waals surface area contributed by atoms with Gasteiger partial charge >= 0.3 is 0 Å². The summed E-state index contributed by atoms with van der Waals surface area (Å²) in [4.78, 5) is 22.0. The van der Waals surface area contributed by atoms with Crippen molar-refractivity contribution >= 4 is 11.8 Å². The van der Waals surface area contributed by atoms with Gasteiger partial charge in [0.1, 0.15) is 6.42 Å². The number of hydrogen-bond acceptors (Lipinski definition) is 3. The predicted molar refractivity (Wildman–Crippen MR) is 55.7 cm³/mol. The lowest BCUT2D eigenvalue weighted by molar-refractivity contribution is -0.122. The molecule has 0 fully saturated rings. The second-order valence-corrected chi connectivity index (χ2v) is 3.63. The minimum Gasteiger partial charge on any atom is -0.356 e. The van der Waals surface area contributed by atoms with Gasteiger partial charge in [-0.25, -0.2) is 0 Å². The van der Waals surface area contributed by atoms with Crippen molar-refractivity contribution in [2.24, 2.45) is 5.92 Å². The third-order valence-electron chi connectivity index (χ3n) is 1.62. The van der Waals surface area contributed by atoms with Gasteiger partial charge in [-0.15, -0.1) is 0 Å². The van der Waals surface area contributed by atoms with Crippen LogP contribution in [-0.2, 0) is 9.59 Å². The van der Waals surface area contributed by atoms with Gasteiger partial charge in [-0.3, -0.25) is 9.59 Å². The average molecular weight is 211 g/mol. The van der Waals surface area contributed by atoms with E-state index in [1.165, 1.54) is 0 Å². The van der Waals surface area contributed by atoms with Crippen LogP contribution < -0.4 is 10.6 Å². The topological polar surface area (TPSA) is 82.0 Å². The Kier molecular flexibility index (Phi) is 6.98. The largest absolute Gasteiger partial charge is 0.356 e. The summed E-state index contributed by atoms with van der Waals surface area (Å²) in [7, 11) is 0. The van der Waals surface area contributed by atoms with Crippen molar-refractivity contribution in [1.82, 2.24) is 10.6 Å². The number of hydrogen-bond donors (Lipinski definition) is 2. The zero-order valence-corrected chi connectivity index (χ0v) is 9.17. The minimum atomic E-state index is -0.339. The third-order valence-corrected chi connectivity index (χ3v) is 1.62. The Morgan fingerprint density at radius 1 is 1.27 bits per heavy atom. The molecule has 0 aromatic rings. The van der Waals surface area contributed by atoms with Gasteiger partial charge in [-0.05, 0) is 5.92 Å². The van der Waals surface area contributed by atoms with Gasteiger partial charge in [0.15, 0.2) is 0 Å². The summed E-state index contributed by atoms with van der Waals surface area (Å²) in [6.07, 6.45) is 0.0947. The van der Waals surface area contributed by atoms with E-state index in [0.717, 1.165) is 0 Å². The van der Waals surface area contributed by atoms with Crippen molar-refractivity contribution in [3.8, 4) is 6.07 Å². The summed E-state index contributed by atoms with van der Waals surface area (Å²) in [5.74, 6) is -0.00255. The molecule has 0 rings (SSSR count). The highest BCUT2D eigenvalue weighted by molar-refractivity contribution is 5.80. The van der Waals surface area contributed by atoms with E-state index < -0.39 is 0 Å². The van der Waals surface area contributed by atoms with E-state index in [4.69, 9.17) is 5.26 Å². The van der Waals surface area contributed by atoms with E-state index in [1.54, 1.807) is 6.07 Å². The van der Waals surface area contributed by atoms with Crippen LogP contribution in [0, 0.1) is 17.2 Å². The van der Waals surface area contributed by atoms with Crippen LogP contribution in [0.1, 0.15) is 26.7 Å². The van der Waals surface area contributed by atoms with Crippen molar-refractivity contribution in [1.29, 1.82) is 5.26 Å². The zero-order valence-electron chi connectivity index (χ0n) is 9.17. The molecule has 0 atom stereocenters. The van der Waals surface area contributed by atoms with Crippen molar-refractivity contribution in [3.63, 3.8) is 0 Å². The van der Waals surface area contributed by atoms with Crippen LogP contribution in [0.2, 0.25) is 0 Å². The highest BCUT2D eigenvalue weighted by Gasteiger charge is 2.03. The van der Waals surface area contributed by atoms with Gasteiger partial charge in [0.2, 0.25) is 11.8 Å². The molecule has 0 radical (unpaired) electrons. The molecular formula is C10H17N3O2. The predicted octanol–water partition coefficient (Wildman–Crippen LogP) is 0.179. The summed E-state index contributed by atoms with van der Waals surface area (Å²) >= 11 is 0. The molecule has 84 valence electrons. The maximum Gasteiger partial charge on any atom is 0.234 e. The lowest BCUT2D eigenvalue weighted by Gasteiger charge is -2.07. The van der Waals surface area contributed by atoms with Crippen LogP contribution in [0.25, 0.3) is 0 Å².